The number of rotatable bonds is 3. The molecule has 7 heteroatoms. The van der Waals surface area contributed by atoms with E-state index < -0.39 is 0 Å². The van der Waals surface area contributed by atoms with Gasteiger partial charge in [-0.25, -0.2) is 9.78 Å². The zero-order chi connectivity index (χ0) is 16.9. The van der Waals surface area contributed by atoms with Crippen molar-refractivity contribution in [3.63, 3.8) is 0 Å². The van der Waals surface area contributed by atoms with Crippen LogP contribution in [0, 0.1) is 6.92 Å². The van der Waals surface area contributed by atoms with Gasteiger partial charge in [0.2, 0.25) is 5.88 Å². The molecule has 126 valence electrons. The molecule has 1 N–H and O–H groups in total. The maximum absolute atomic E-state index is 12.3. The summed E-state index contributed by atoms with van der Waals surface area (Å²) >= 11 is 6.07. The normalized spacial score (nSPS) is 15.2. The highest BCUT2D eigenvalue weighted by Gasteiger charge is 2.24. The summed E-state index contributed by atoms with van der Waals surface area (Å²) in [5.41, 5.74) is 0.624. The van der Waals surface area contributed by atoms with Gasteiger partial charge in [-0.1, -0.05) is 23.7 Å². The van der Waals surface area contributed by atoms with Crippen LogP contribution in [0.15, 0.2) is 36.5 Å². The Hall–Kier alpha value is -2.34. The quantitative estimate of drug-likeness (QED) is 0.923. The summed E-state index contributed by atoms with van der Waals surface area (Å²) < 4.78 is 5.87. The minimum absolute atomic E-state index is 0.0589. The zero-order valence-electron chi connectivity index (χ0n) is 13.4. The molecule has 0 radical (unpaired) electrons. The first-order chi connectivity index (χ1) is 11.6. The highest BCUT2D eigenvalue weighted by molar-refractivity contribution is 6.33. The summed E-state index contributed by atoms with van der Waals surface area (Å²) in [5.74, 6) is 1.27. The van der Waals surface area contributed by atoms with E-state index in [2.05, 4.69) is 15.3 Å². The van der Waals surface area contributed by atoms with Crippen LogP contribution in [0.5, 0.6) is 5.88 Å². The maximum Gasteiger partial charge on any atom is 0.321 e. The van der Waals surface area contributed by atoms with Gasteiger partial charge in [0.25, 0.3) is 0 Å². The van der Waals surface area contributed by atoms with Crippen molar-refractivity contribution >= 4 is 23.3 Å². The number of benzene rings is 1. The van der Waals surface area contributed by atoms with Gasteiger partial charge in [-0.15, -0.1) is 0 Å². The molecular weight excluding hydrogens is 328 g/mol. The van der Waals surface area contributed by atoms with Crippen LogP contribution in [-0.4, -0.2) is 40.1 Å². The zero-order valence-corrected chi connectivity index (χ0v) is 14.2. The monoisotopic (exact) mass is 346 g/mol. The van der Waals surface area contributed by atoms with E-state index in [4.69, 9.17) is 16.3 Å². The number of likely N-dealkylation sites (tertiary alicyclic amines) is 1. The number of halogens is 1. The van der Waals surface area contributed by atoms with Gasteiger partial charge < -0.3 is 15.0 Å². The number of ether oxygens (including phenoxy) is 1. The third-order valence-corrected chi connectivity index (χ3v) is 4.21. The summed E-state index contributed by atoms with van der Waals surface area (Å²) in [6, 6.07) is 8.82. The fourth-order valence-electron chi connectivity index (χ4n) is 2.60. The van der Waals surface area contributed by atoms with Crippen LogP contribution in [-0.2, 0) is 0 Å². The number of aromatic nitrogens is 2. The molecule has 24 heavy (non-hydrogen) atoms. The summed E-state index contributed by atoms with van der Waals surface area (Å²) in [6.07, 6.45) is 3.27. The van der Waals surface area contributed by atoms with Gasteiger partial charge in [0.1, 0.15) is 11.9 Å². The number of anilines is 1. The lowest BCUT2D eigenvalue weighted by Gasteiger charge is -2.32. The van der Waals surface area contributed by atoms with E-state index in [1.807, 2.05) is 19.1 Å². The number of nitrogens with zero attached hydrogens (tertiary/aromatic N) is 3. The van der Waals surface area contributed by atoms with Crippen LogP contribution < -0.4 is 10.1 Å². The van der Waals surface area contributed by atoms with Crippen molar-refractivity contribution in [1.82, 2.24) is 14.9 Å². The Kier molecular flexibility index (Phi) is 5.15. The number of nitrogens with one attached hydrogen (secondary N) is 1. The summed E-state index contributed by atoms with van der Waals surface area (Å²) in [5, 5.41) is 3.38. The van der Waals surface area contributed by atoms with Gasteiger partial charge in [-0.05, 0) is 19.1 Å². The minimum Gasteiger partial charge on any atom is -0.474 e. The molecule has 1 aromatic carbocycles. The predicted octanol–water partition coefficient (Wildman–Crippen LogP) is 3.51. The molecule has 2 heterocycles. The first-order valence-corrected chi connectivity index (χ1v) is 8.26. The lowest BCUT2D eigenvalue weighted by Crippen LogP contribution is -2.43. The number of carbonyl (C=O) groups excluding carboxylic acids is 1. The molecule has 6 nitrogen and oxygen atoms in total. The lowest BCUT2D eigenvalue weighted by molar-refractivity contribution is 0.111. The third kappa shape index (κ3) is 4.14. The molecule has 0 atom stereocenters. The molecule has 1 aliphatic rings. The molecule has 1 fully saturated rings. The second kappa shape index (κ2) is 7.49. The van der Waals surface area contributed by atoms with Crippen LogP contribution in [0.3, 0.4) is 0 Å². The Balaban J connectivity index is 1.51. The van der Waals surface area contributed by atoms with E-state index in [1.165, 1.54) is 0 Å². The Morgan fingerprint density at radius 2 is 2.04 bits per heavy atom. The SMILES string of the molecule is Cc1nccc(OC2CCN(C(=O)Nc3ccccc3Cl)CC2)n1. The van der Waals surface area contributed by atoms with Crippen molar-refractivity contribution in [3.05, 3.63) is 47.4 Å². The molecule has 3 rings (SSSR count). The first kappa shape index (κ1) is 16.5. The first-order valence-electron chi connectivity index (χ1n) is 7.88. The molecule has 1 aromatic heterocycles. The van der Waals surface area contributed by atoms with E-state index >= 15 is 0 Å². The Morgan fingerprint density at radius 3 is 2.75 bits per heavy atom. The average Bonchev–Trinajstić information content (AvgIpc) is 2.57. The molecule has 2 amide bonds. The van der Waals surface area contributed by atoms with Crippen LogP contribution in [0.4, 0.5) is 10.5 Å². The second-order valence-electron chi connectivity index (χ2n) is 5.66. The van der Waals surface area contributed by atoms with Crippen molar-refractivity contribution in [3.8, 4) is 5.88 Å². The van der Waals surface area contributed by atoms with E-state index in [-0.39, 0.29) is 12.1 Å². The van der Waals surface area contributed by atoms with Gasteiger partial charge in [-0.2, -0.15) is 4.98 Å². The number of para-hydroxylation sites is 1. The maximum atomic E-state index is 12.3. The van der Waals surface area contributed by atoms with Gasteiger partial charge in [0, 0.05) is 38.2 Å². The molecule has 0 unspecified atom stereocenters. The molecule has 2 aromatic rings. The number of urea groups is 1. The topological polar surface area (TPSA) is 67.3 Å². The summed E-state index contributed by atoms with van der Waals surface area (Å²) in [6.45, 7) is 3.09. The van der Waals surface area contributed by atoms with Gasteiger partial charge in [-0.3, -0.25) is 0 Å². The van der Waals surface area contributed by atoms with Crippen LogP contribution in [0.1, 0.15) is 18.7 Å². The van der Waals surface area contributed by atoms with Crippen LogP contribution >= 0.6 is 11.6 Å². The smallest absolute Gasteiger partial charge is 0.321 e. The largest absolute Gasteiger partial charge is 0.474 e. The Morgan fingerprint density at radius 1 is 1.29 bits per heavy atom. The van der Waals surface area contributed by atoms with Gasteiger partial charge in [0.15, 0.2) is 0 Å². The fraction of sp³-hybridized carbons (Fsp3) is 0.353. The van der Waals surface area contributed by atoms with Gasteiger partial charge in [0.05, 0.1) is 10.7 Å². The predicted molar refractivity (Wildman–Crippen MR) is 92.5 cm³/mol. The molecule has 0 bridgehead atoms. The van der Waals surface area contributed by atoms with E-state index in [9.17, 15) is 4.79 Å². The molecule has 0 saturated carbocycles. The van der Waals surface area contributed by atoms with Crippen LogP contribution in [0.25, 0.3) is 0 Å². The van der Waals surface area contributed by atoms with Crippen molar-refractivity contribution in [2.75, 3.05) is 18.4 Å². The minimum atomic E-state index is -0.139. The fourth-order valence-corrected chi connectivity index (χ4v) is 2.79. The number of piperidine rings is 1. The number of amides is 2. The van der Waals surface area contributed by atoms with Crippen molar-refractivity contribution < 1.29 is 9.53 Å². The molecular formula is C17H19ClN4O2. The number of carbonyl (C=O) groups is 1. The summed E-state index contributed by atoms with van der Waals surface area (Å²) in [7, 11) is 0. The third-order valence-electron chi connectivity index (χ3n) is 3.88. The van der Waals surface area contributed by atoms with Crippen molar-refractivity contribution in [2.45, 2.75) is 25.9 Å². The second-order valence-corrected chi connectivity index (χ2v) is 6.06. The van der Waals surface area contributed by atoms with E-state index in [1.54, 1.807) is 29.3 Å². The molecule has 1 aliphatic heterocycles. The molecule has 1 saturated heterocycles. The van der Waals surface area contributed by atoms with Gasteiger partial charge >= 0.3 is 6.03 Å². The lowest BCUT2D eigenvalue weighted by atomic mass is 10.1. The summed E-state index contributed by atoms with van der Waals surface area (Å²) in [4.78, 5) is 22.4. The standard InChI is InChI=1S/C17H19ClN4O2/c1-12-19-9-6-16(20-12)24-13-7-10-22(11-8-13)17(23)21-15-5-3-2-4-14(15)18/h2-6,9,13H,7-8,10-11H2,1H3,(H,21,23). The number of aryl methyl sites for hydroxylation is 1. The highest BCUT2D eigenvalue weighted by atomic mass is 35.5. The number of hydrogen-bond acceptors (Lipinski definition) is 4. The van der Waals surface area contributed by atoms with Crippen molar-refractivity contribution in [1.29, 1.82) is 0 Å². The number of hydrogen-bond donors (Lipinski definition) is 1. The van der Waals surface area contributed by atoms with E-state index in [0.29, 0.717) is 35.5 Å². The van der Waals surface area contributed by atoms with E-state index in [0.717, 1.165) is 12.8 Å². The Bertz CT molecular complexity index is 717. The molecule has 0 aliphatic carbocycles. The van der Waals surface area contributed by atoms with Crippen LogP contribution in [0.2, 0.25) is 5.02 Å². The highest BCUT2D eigenvalue weighted by Crippen LogP contribution is 2.22. The van der Waals surface area contributed by atoms with Crippen molar-refractivity contribution in [2.24, 2.45) is 0 Å². The molecule has 0 spiro atoms. The Labute approximate surface area is 145 Å². The average molecular weight is 347 g/mol.